The summed E-state index contributed by atoms with van der Waals surface area (Å²) < 4.78 is 30.5. The number of thiazole rings is 1. The zero-order chi connectivity index (χ0) is 18.2. The first-order valence-electron chi connectivity index (χ1n) is 8.00. The molecule has 0 radical (unpaired) electrons. The second-order valence-electron chi connectivity index (χ2n) is 6.05. The lowest BCUT2D eigenvalue weighted by molar-refractivity contribution is 0.550. The van der Waals surface area contributed by atoms with Gasteiger partial charge in [0, 0.05) is 13.1 Å². The maximum atomic E-state index is 12.8. The third-order valence-electron chi connectivity index (χ3n) is 4.26. The first-order chi connectivity index (χ1) is 11.8. The summed E-state index contributed by atoms with van der Waals surface area (Å²) in [5, 5.41) is 0. The van der Waals surface area contributed by atoms with Crippen molar-refractivity contribution in [3.63, 3.8) is 0 Å². The van der Waals surface area contributed by atoms with Crippen LogP contribution in [0.25, 0.3) is 10.2 Å². The molecule has 1 N–H and O–H groups in total. The van der Waals surface area contributed by atoms with Crippen molar-refractivity contribution in [1.82, 2.24) is 9.29 Å². The maximum Gasteiger partial charge on any atom is 0.307 e. The quantitative estimate of drug-likeness (QED) is 0.743. The summed E-state index contributed by atoms with van der Waals surface area (Å²) in [4.78, 5) is 11.8. The lowest BCUT2D eigenvalue weighted by atomic mass is 10.0. The molecule has 0 saturated carbocycles. The van der Waals surface area contributed by atoms with Gasteiger partial charge >= 0.3 is 4.87 Å². The molecule has 7 heteroatoms. The second kappa shape index (κ2) is 6.74. The van der Waals surface area contributed by atoms with Crippen LogP contribution in [0.5, 0.6) is 0 Å². The van der Waals surface area contributed by atoms with Gasteiger partial charge in [-0.05, 0) is 37.1 Å². The Morgan fingerprint density at radius 2 is 1.84 bits per heavy atom. The number of aromatic nitrogens is 1. The van der Waals surface area contributed by atoms with E-state index < -0.39 is 10.0 Å². The van der Waals surface area contributed by atoms with Crippen molar-refractivity contribution < 1.29 is 8.42 Å². The first kappa shape index (κ1) is 17.8. The number of aryl methyl sites for hydroxylation is 2. The van der Waals surface area contributed by atoms with Gasteiger partial charge in [-0.3, -0.25) is 4.79 Å². The fourth-order valence-electron chi connectivity index (χ4n) is 2.72. The molecule has 0 amide bonds. The summed E-state index contributed by atoms with van der Waals surface area (Å²) in [6.45, 7) is 3.94. The Kier molecular flexibility index (Phi) is 4.81. The summed E-state index contributed by atoms with van der Waals surface area (Å²) in [6.07, 6.45) is 0.642. The Bertz CT molecular complexity index is 1060. The van der Waals surface area contributed by atoms with Gasteiger partial charge in [0.05, 0.1) is 15.1 Å². The summed E-state index contributed by atoms with van der Waals surface area (Å²) in [6, 6.07) is 12.3. The lowest BCUT2D eigenvalue weighted by Crippen LogP contribution is -2.28. The molecule has 5 nitrogen and oxygen atoms in total. The fourth-order valence-corrected chi connectivity index (χ4v) is 5.05. The molecule has 3 aromatic rings. The lowest BCUT2D eigenvalue weighted by Gasteiger charge is -2.18. The van der Waals surface area contributed by atoms with E-state index in [1.54, 1.807) is 25.2 Å². The number of rotatable bonds is 5. The molecular weight excluding hydrogens is 356 g/mol. The van der Waals surface area contributed by atoms with Crippen LogP contribution in [0.2, 0.25) is 0 Å². The molecule has 2 aromatic carbocycles. The van der Waals surface area contributed by atoms with E-state index in [2.05, 4.69) is 4.72 Å². The molecular formula is C18H20N2O3S2. The predicted molar refractivity (Wildman–Crippen MR) is 102 cm³/mol. The zero-order valence-corrected chi connectivity index (χ0v) is 15.9. The second-order valence-corrected chi connectivity index (χ2v) is 8.76. The Morgan fingerprint density at radius 3 is 2.48 bits per heavy atom. The van der Waals surface area contributed by atoms with Crippen LogP contribution in [-0.4, -0.2) is 13.0 Å². The number of hydrogen-bond donors (Lipinski definition) is 1. The van der Waals surface area contributed by atoms with Gasteiger partial charge in [0.15, 0.2) is 0 Å². The molecule has 25 heavy (non-hydrogen) atoms. The number of hydrogen-bond acceptors (Lipinski definition) is 4. The minimum Gasteiger partial charge on any atom is -0.302 e. The summed E-state index contributed by atoms with van der Waals surface area (Å²) >= 11 is 1.05. The first-order valence-corrected chi connectivity index (χ1v) is 10.3. The van der Waals surface area contributed by atoms with E-state index in [1.165, 1.54) is 4.57 Å². The van der Waals surface area contributed by atoms with Crippen LogP contribution >= 0.6 is 11.3 Å². The van der Waals surface area contributed by atoms with Crippen LogP contribution < -0.4 is 9.60 Å². The highest BCUT2D eigenvalue weighted by Crippen LogP contribution is 2.24. The van der Waals surface area contributed by atoms with Crippen LogP contribution in [0.4, 0.5) is 0 Å². The average molecular weight is 377 g/mol. The van der Waals surface area contributed by atoms with Gasteiger partial charge in [0.2, 0.25) is 10.0 Å². The van der Waals surface area contributed by atoms with Crippen molar-refractivity contribution in [3.8, 4) is 0 Å². The monoisotopic (exact) mass is 376 g/mol. The summed E-state index contributed by atoms with van der Waals surface area (Å²) in [5.74, 6) is 0. The largest absolute Gasteiger partial charge is 0.307 e. The molecule has 1 heterocycles. The third-order valence-corrected chi connectivity index (χ3v) is 6.72. The Labute approximate surface area is 151 Å². The molecule has 0 aliphatic heterocycles. The summed E-state index contributed by atoms with van der Waals surface area (Å²) in [7, 11) is -2.00. The van der Waals surface area contributed by atoms with Crippen molar-refractivity contribution >= 4 is 31.6 Å². The van der Waals surface area contributed by atoms with E-state index in [1.807, 2.05) is 38.1 Å². The standard InChI is InChI=1S/C18H20N2O3S2/c1-4-15(13-7-5-12(2)6-8-13)19-25(22,23)14-9-10-16-17(11-14)24-18(21)20(16)3/h5-11,15,19H,4H2,1-3H3/t15-/m0/s1. The number of nitrogens with one attached hydrogen (secondary N) is 1. The van der Waals surface area contributed by atoms with Crippen LogP contribution in [0.3, 0.4) is 0 Å². The van der Waals surface area contributed by atoms with Gasteiger partial charge in [-0.15, -0.1) is 0 Å². The van der Waals surface area contributed by atoms with Gasteiger partial charge in [0.25, 0.3) is 0 Å². The fraction of sp³-hybridized carbons (Fsp3) is 0.278. The average Bonchev–Trinajstić information content (AvgIpc) is 2.87. The van der Waals surface area contributed by atoms with E-state index in [-0.39, 0.29) is 15.8 Å². The number of benzene rings is 2. The molecule has 0 unspecified atom stereocenters. The van der Waals surface area contributed by atoms with Crippen molar-refractivity contribution in [2.45, 2.75) is 31.2 Å². The van der Waals surface area contributed by atoms with E-state index >= 15 is 0 Å². The van der Waals surface area contributed by atoms with E-state index in [9.17, 15) is 13.2 Å². The van der Waals surface area contributed by atoms with E-state index in [0.29, 0.717) is 11.1 Å². The Hall–Kier alpha value is -1.96. The molecule has 0 saturated heterocycles. The molecule has 0 aliphatic rings. The van der Waals surface area contributed by atoms with Gasteiger partial charge in [-0.1, -0.05) is 48.1 Å². The topological polar surface area (TPSA) is 68.2 Å². The number of fused-ring (bicyclic) bond motifs is 1. The SMILES string of the molecule is CC[C@H](NS(=O)(=O)c1ccc2c(c1)sc(=O)n2C)c1ccc(C)cc1. The number of nitrogens with zero attached hydrogens (tertiary/aromatic N) is 1. The zero-order valence-electron chi connectivity index (χ0n) is 14.3. The number of sulfonamides is 1. The molecule has 0 bridgehead atoms. The van der Waals surface area contributed by atoms with Crippen molar-refractivity contribution in [2.75, 3.05) is 0 Å². The smallest absolute Gasteiger partial charge is 0.302 e. The molecule has 3 rings (SSSR count). The minimum absolute atomic E-state index is 0.108. The molecule has 0 aliphatic carbocycles. The highest BCUT2D eigenvalue weighted by Gasteiger charge is 2.21. The normalized spacial score (nSPS) is 13.2. The van der Waals surface area contributed by atoms with Gasteiger partial charge in [0.1, 0.15) is 0 Å². The molecule has 0 spiro atoms. The Balaban J connectivity index is 1.95. The van der Waals surface area contributed by atoms with Crippen molar-refractivity contribution in [3.05, 3.63) is 63.3 Å². The Morgan fingerprint density at radius 1 is 1.16 bits per heavy atom. The highest BCUT2D eigenvalue weighted by molar-refractivity contribution is 7.89. The van der Waals surface area contributed by atoms with Crippen molar-refractivity contribution in [1.29, 1.82) is 0 Å². The van der Waals surface area contributed by atoms with Crippen LogP contribution in [0.15, 0.2) is 52.2 Å². The molecule has 0 fully saturated rings. The van der Waals surface area contributed by atoms with Crippen LogP contribution in [0.1, 0.15) is 30.5 Å². The molecule has 1 aromatic heterocycles. The summed E-state index contributed by atoms with van der Waals surface area (Å²) in [5.41, 5.74) is 2.80. The van der Waals surface area contributed by atoms with E-state index in [4.69, 9.17) is 0 Å². The highest BCUT2D eigenvalue weighted by atomic mass is 32.2. The van der Waals surface area contributed by atoms with E-state index in [0.717, 1.165) is 28.0 Å². The molecule has 1 atom stereocenters. The predicted octanol–water partition coefficient (Wildman–Crippen LogP) is 3.34. The minimum atomic E-state index is -3.68. The van der Waals surface area contributed by atoms with Gasteiger partial charge < -0.3 is 4.57 Å². The van der Waals surface area contributed by atoms with Crippen LogP contribution in [-0.2, 0) is 17.1 Å². The van der Waals surface area contributed by atoms with Gasteiger partial charge in [-0.2, -0.15) is 0 Å². The molecule has 132 valence electrons. The third kappa shape index (κ3) is 3.53. The van der Waals surface area contributed by atoms with Crippen molar-refractivity contribution in [2.24, 2.45) is 7.05 Å². The van der Waals surface area contributed by atoms with Crippen LogP contribution in [0, 0.1) is 6.92 Å². The maximum absolute atomic E-state index is 12.8. The van der Waals surface area contributed by atoms with Gasteiger partial charge in [-0.25, -0.2) is 13.1 Å².